The minimum absolute atomic E-state index is 0.0205. The molecule has 0 bridgehead atoms. The molecule has 0 aromatic carbocycles. The van der Waals surface area contributed by atoms with Gasteiger partial charge in [0.1, 0.15) is 6.54 Å². The molecule has 0 fully saturated rings. The van der Waals surface area contributed by atoms with E-state index < -0.39 is 0 Å². The summed E-state index contributed by atoms with van der Waals surface area (Å²) in [6, 6.07) is 0. The zero-order valence-corrected chi connectivity index (χ0v) is 8.21. The molecule has 0 unspecified atom stereocenters. The third-order valence-electron chi connectivity index (χ3n) is 1.49. The van der Waals surface area contributed by atoms with E-state index in [2.05, 4.69) is 6.92 Å². The van der Waals surface area contributed by atoms with Crippen molar-refractivity contribution >= 4 is 11.9 Å². The minimum atomic E-state index is -0.373. The van der Waals surface area contributed by atoms with Crippen LogP contribution in [-0.2, 0) is 14.3 Å². The molecule has 0 heterocycles. The van der Waals surface area contributed by atoms with E-state index in [4.69, 9.17) is 4.74 Å². The summed E-state index contributed by atoms with van der Waals surface area (Å²) in [5.41, 5.74) is 0. The monoisotopic (exact) mass is 186 g/mol. The molecule has 4 heteroatoms. The van der Waals surface area contributed by atoms with E-state index in [1.807, 2.05) is 0 Å². The molecule has 0 saturated carbocycles. The lowest BCUT2D eigenvalue weighted by Crippen LogP contribution is -2.32. The molecule has 0 aromatic heterocycles. The first-order chi connectivity index (χ1) is 6.11. The van der Waals surface area contributed by atoms with Gasteiger partial charge in [-0.05, 0) is 13.3 Å². The second kappa shape index (κ2) is 6.46. The maximum absolute atomic E-state index is 11.2. The molecule has 1 amide bonds. The van der Waals surface area contributed by atoms with Gasteiger partial charge in [0.05, 0.1) is 6.61 Å². The number of carbonyl (C=O) groups excluding carboxylic acids is 2. The van der Waals surface area contributed by atoms with Crippen molar-refractivity contribution in [2.24, 2.45) is 0 Å². The molecule has 4 nitrogen and oxygen atoms in total. The van der Waals surface area contributed by atoms with Crippen molar-refractivity contribution in [3.05, 3.63) is 6.92 Å². The van der Waals surface area contributed by atoms with E-state index >= 15 is 0 Å². The summed E-state index contributed by atoms with van der Waals surface area (Å²) in [7, 11) is 1.58. The highest BCUT2D eigenvalue weighted by atomic mass is 16.5. The Morgan fingerprint density at radius 1 is 1.46 bits per heavy atom. The minimum Gasteiger partial charge on any atom is -0.465 e. The Labute approximate surface area is 78.9 Å². The molecular formula is C9H16NO3. The Kier molecular flexibility index (Phi) is 5.93. The summed E-state index contributed by atoms with van der Waals surface area (Å²) in [5.74, 6) is -0.453. The summed E-state index contributed by atoms with van der Waals surface area (Å²) in [4.78, 5) is 23.4. The zero-order valence-electron chi connectivity index (χ0n) is 8.21. The van der Waals surface area contributed by atoms with E-state index in [0.29, 0.717) is 19.4 Å². The first kappa shape index (κ1) is 11.9. The molecule has 1 radical (unpaired) electrons. The summed E-state index contributed by atoms with van der Waals surface area (Å²) < 4.78 is 4.69. The number of hydrogen-bond donors (Lipinski definition) is 0. The number of likely N-dealkylation sites (N-methyl/N-ethyl adjacent to an activating group) is 1. The summed E-state index contributed by atoms with van der Waals surface area (Å²) in [6.07, 6.45) is 0.919. The molecule has 0 aromatic rings. The summed E-state index contributed by atoms with van der Waals surface area (Å²) >= 11 is 0. The highest BCUT2D eigenvalue weighted by Gasteiger charge is 2.11. The first-order valence-corrected chi connectivity index (χ1v) is 4.30. The maximum atomic E-state index is 11.2. The highest BCUT2D eigenvalue weighted by Crippen LogP contribution is 1.94. The van der Waals surface area contributed by atoms with E-state index in [0.717, 1.165) is 0 Å². The highest BCUT2D eigenvalue weighted by molar-refractivity contribution is 5.81. The Bertz CT molecular complexity index is 180. The molecule has 0 N–H and O–H groups in total. The zero-order chi connectivity index (χ0) is 10.3. The van der Waals surface area contributed by atoms with Crippen LogP contribution in [0.3, 0.4) is 0 Å². The van der Waals surface area contributed by atoms with Crippen LogP contribution < -0.4 is 0 Å². The molecule has 13 heavy (non-hydrogen) atoms. The van der Waals surface area contributed by atoms with Crippen LogP contribution in [0.1, 0.15) is 19.8 Å². The van der Waals surface area contributed by atoms with Crippen LogP contribution in [-0.4, -0.2) is 37.0 Å². The van der Waals surface area contributed by atoms with Crippen LogP contribution in [0.25, 0.3) is 0 Å². The Morgan fingerprint density at radius 3 is 2.54 bits per heavy atom. The predicted molar refractivity (Wildman–Crippen MR) is 48.9 cm³/mol. The van der Waals surface area contributed by atoms with Crippen LogP contribution >= 0.6 is 0 Å². The fraction of sp³-hybridized carbons (Fsp3) is 0.667. The lowest BCUT2D eigenvalue weighted by atomic mass is 10.3. The van der Waals surface area contributed by atoms with Crippen molar-refractivity contribution in [3.8, 4) is 0 Å². The quantitative estimate of drug-likeness (QED) is 0.591. The van der Waals surface area contributed by atoms with E-state index in [1.165, 1.54) is 4.90 Å². The number of rotatable bonds is 5. The lowest BCUT2D eigenvalue weighted by molar-refractivity contribution is -0.148. The number of amides is 1. The van der Waals surface area contributed by atoms with Gasteiger partial charge in [0.15, 0.2) is 0 Å². The topological polar surface area (TPSA) is 46.6 Å². The fourth-order valence-corrected chi connectivity index (χ4v) is 0.831. The van der Waals surface area contributed by atoms with Gasteiger partial charge in [0, 0.05) is 13.5 Å². The number of ether oxygens (including phenoxy) is 1. The van der Waals surface area contributed by atoms with Crippen LogP contribution in [0.2, 0.25) is 0 Å². The maximum Gasteiger partial charge on any atom is 0.325 e. The average Bonchev–Trinajstić information content (AvgIpc) is 2.05. The Balaban J connectivity index is 3.78. The van der Waals surface area contributed by atoms with Crippen molar-refractivity contribution in [2.45, 2.75) is 19.8 Å². The molecule has 0 rings (SSSR count). The second-order valence-corrected chi connectivity index (χ2v) is 2.66. The van der Waals surface area contributed by atoms with Gasteiger partial charge < -0.3 is 9.64 Å². The first-order valence-electron chi connectivity index (χ1n) is 4.30. The average molecular weight is 186 g/mol. The van der Waals surface area contributed by atoms with Gasteiger partial charge in [-0.1, -0.05) is 6.92 Å². The molecule has 0 atom stereocenters. The molecule has 0 aliphatic carbocycles. The normalized spacial score (nSPS) is 9.46. The van der Waals surface area contributed by atoms with Gasteiger partial charge in [0.25, 0.3) is 0 Å². The second-order valence-electron chi connectivity index (χ2n) is 2.66. The SMILES string of the molecule is [CH2]CCC(=O)N(C)CC(=O)OCC. The summed E-state index contributed by atoms with van der Waals surface area (Å²) in [6.45, 7) is 5.66. The third kappa shape index (κ3) is 5.22. The Hall–Kier alpha value is -1.06. The smallest absolute Gasteiger partial charge is 0.325 e. The number of hydrogen-bond acceptors (Lipinski definition) is 3. The van der Waals surface area contributed by atoms with Crippen LogP contribution in [0.4, 0.5) is 0 Å². The van der Waals surface area contributed by atoms with Crippen LogP contribution in [0.15, 0.2) is 0 Å². The molecule has 0 spiro atoms. The largest absolute Gasteiger partial charge is 0.465 e. The molecular weight excluding hydrogens is 170 g/mol. The Morgan fingerprint density at radius 2 is 2.08 bits per heavy atom. The third-order valence-corrected chi connectivity index (χ3v) is 1.49. The van der Waals surface area contributed by atoms with Gasteiger partial charge in [-0.2, -0.15) is 0 Å². The van der Waals surface area contributed by atoms with Gasteiger partial charge in [0.2, 0.25) is 5.91 Å². The standard InChI is InChI=1S/C9H16NO3/c1-4-6-8(11)10(3)7-9(12)13-5-2/h1,4-7H2,2-3H3. The fourth-order valence-electron chi connectivity index (χ4n) is 0.831. The molecule has 0 saturated heterocycles. The van der Waals surface area contributed by atoms with Gasteiger partial charge in [-0.15, -0.1) is 0 Å². The van der Waals surface area contributed by atoms with Crippen LogP contribution in [0.5, 0.6) is 0 Å². The van der Waals surface area contributed by atoms with E-state index in [-0.39, 0.29) is 18.4 Å². The number of nitrogens with zero attached hydrogens (tertiary/aromatic N) is 1. The lowest BCUT2D eigenvalue weighted by Gasteiger charge is -2.15. The van der Waals surface area contributed by atoms with E-state index in [1.54, 1.807) is 14.0 Å². The molecule has 0 aliphatic rings. The van der Waals surface area contributed by atoms with Crippen molar-refractivity contribution in [1.82, 2.24) is 4.90 Å². The van der Waals surface area contributed by atoms with Gasteiger partial charge in [-0.25, -0.2) is 0 Å². The number of carbonyl (C=O) groups is 2. The number of esters is 1. The van der Waals surface area contributed by atoms with Crippen molar-refractivity contribution < 1.29 is 14.3 Å². The summed E-state index contributed by atoms with van der Waals surface area (Å²) in [5, 5.41) is 0. The van der Waals surface area contributed by atoms with Gasteiger partial charge >= 0.3 is 5.97 Å². The van der Waals surface area contributed by atoms with Crippen molar-refractivity contribution in [2.75, 3.05) is 20.2 Å². The molecule has 0 aliphatic heterocycles. The van der Waals surface area contributed by atoms with Crippen molar-refractivity contribution in [3.63, 3.8) is 0 Å². The van der Waals surface area contributed by atoms with Crippen molar-refractivity contribution in [1.29, 1.82) is 0 Å². The molecule has 75 valence electrons. The van der Waals surface area contributed by atoms with Crippen LogP contribution in [0, 0.1) is 6.92 Å². The predicted octanol–water partition coefficient (Wildman–Crippen LogP) is 0.622. The van der Waals surface area contributed by atoms with E-state index in [9.17, 15) is 9.59 Å². The van der Waals surface area contributed by atoms with Gasteiger partial charge in [-0.3, -0.25) is 9.59 Å².